The van der Waals surface area contributed by atoms with Crippen molar-refractivity contribution < 1.29 is 9.59 Å². The van der Waals surface area contributed by atoms with Crippen molar-refractivity contribution in [1.82, 2.24) is 14.9 Å². The number of aromatic amines is 1. The Hall–Kier alpha value is -3.15. The number of rotatable bonds is 4. The number of aromatic nitrogens is 2. The fourth-order valence-electron chi connectivity index (χ4n) is 4.17. The van der Waals surface area contributed by atoms with Crippen LogP contribution < -0.4 is 5.32 Å². The number of amides is 2. The minimum absolute atomic E-state index is 0.0756. The normalized spacial score (nSPS) is 22.5. The maximum absolute atomic E-state index is 13.4. The Morgan fingerprint density at radius 2 is 1.89 bits per heavy atom. The number of nitrogens with zero attached hydrogens (tertiary/aromatic N) is 2. The fourth-order valence-corrected chi connectivity index (χ4v) is 4.17. The van der Waals surface area contributed by atoms with Gasteiger partial charge in [0.05, 0.1) is 22.8 Å². The average Bonchev–Trinajstić information content (AvgIpc) is 3.39. The maximum atomic E-state index is 13.4. The standard InChI is InChI=1S/C22H22N4O2/c1-21(19(27)25-16-7-8-17-18(13-16)24-14-23-17)11-12-26(21)20(28)22(9-10-22)15-5-3-2-4-6-15/h2-8,13-14H,9-12H2,1H3,(H,23,24)(H,25,27). The smallest absolute Gasteiger partial charge is 0.250 e. The molecule has 2 heterocycles. The summed E-state index contributed by atoms with van der Waals surface area (Å²) in [6.45, 7) is 2.48. The van der Waals surface area contributed by atoms with E-state index in [4.69, 9.17) is 0 Å². The first-order chi connectivity index (χ1) is 13.5. The van der Waals surface area contributed by atoms with Crippen LogP contribution in [0.4, 0.5) is 5.69 Å². The van der Waals surface area contributed by atoms with Gasteiger partial charge in [0.15, 0.2) is 0 Å². The number of hydrogen-bond donors (Lipinski definition) is 2. The molecule has 0 spiro atoms. The summed E-state index contributed by atoms with van der Waals surface area (Å²) in [5, 5.41) is 2.98. The third-order valence-electron chi connectivity index (χ3n) is 6.32. The van der Waals surface area contributed by atoms with Crippen LogP contribution in [0.25, 0.3) is 11.0 Å². The highest BCUT2D eigenvalue weighted by Crippen LogP contribution is 2.51. The number of nitrogens with one attached hydrogen (secondary N) is 2. The van der Waals surface area contributed by atoms with Gasteiger partial charge in [-0.2, -0.15) is 0 Å². The van der Waals surface area contributed by atoms with Gasteiger partial charge in [0, 0.05) is 12.2 Å². The summed E-state index contributed by atoms with van der Waals surface area (Å²) < 4.78 is 0. The molecule has 0 radical (unpaired) electrons. The van der Waals surface area contributed by atoms with E-state index in [0.29, 0.717) is 18.7 Å². The molecule has 1 saturated carbocycles. The number of carbonyl (C=O) groups excluding carboxylic acids is 2. The van der Waals surface area contributed by atoms with Crippen LogP contribution in [0.5, 0.6) is 0 Å². The first kappa shape index (κ1) is 17.0. The summed E-state index contributed by atoms with van der Waals surface area (Å²) in [7, 11) is 0. The van der Waals surface area contributed by atoms with Gasteiger partial charge in [0.25, 0.3) is 0 Å². The van der Waals surface area contributed by atoms with E-state index in [1.807, 2.05) is 55.5 Å². The Balaban J connectivity index is 1.36. The second-order valence-corrected chi connectivity index (χ2v) is 8.02. The zero-order valence-electron chi connectivity index (χ0n) is 15.7. The van der Waals surface area contributed by atoms with E-state index >= 15 is 0 Å². The molecule has 6 heteroatoms. The second-order valence-electron chi connectivity index (χ2n) is 8.02. The van der Waals surface area contributed by atoms with Gasteiger partial charge in [-0.1, -0.05) is 30.3 Å². The summed E-state index contributed by atoms with van der Waals surface area (Å²) in [5.74, 6) is -0.0681. The highest BCUT2D eigenvalue weighted by molar-refractivity contribution is 6.04. The van der Waals surface area contributed by atoms with Crippen molar-refractivity contribution in [3.63, 3.8) is 0 Å². The van der Waals surface area contributed by atoms with Gasteiger partial charge in [0.1, 0.15) is 5.54 Å². The van der Waals surface area contributed by atoms with Gasteiger partial charge in [0.2, 0.25) is 11.8 Å². The molecule has 1 aliphatic carbocycles. The number of carbonyl (C=O) groups is 2. The van der Waals surface area contributed by atoms with Gasteiger partial charge < -0.3 is 15.2 Å². The highest BCUT2D eigenvalue weighted by atomic mass is 16.2. The molecule has 2 N–H and O–H groups in total. The van der Waals surface area contributed by atoms with E-state index in [1.165, 1.54) is 0 Å². The van der Waals surface area contributed by atoms with E-state index in [1.54, 1.807) is 11.2 Å². The Bertz CT molecular complexity index is 1070. The molecule has 2 aliphatic rings. The molecule has 2 fully saturated rings. The highest BCUT2D eigenvalue weighted by Gasteiger charge is 2.59. The van der Waals surface area contributed by atoms with Crippen LogP contribution in [0.1, 0.15) is 31.7 Å². The van der Waals surface area contributed by atoms with Gasteiger partial charge in [-0.25, -0.2) is 4.98 Å². The molecule has 1 unspecified atom stereocenters. The number of fused-ring (bicyclic) bond motifs is 1. The molecule has 1 atom stereocenters. The molecule has 1 aliphatic heterocycles. The van der Waals surface area contributed by atoms with Crippen LogP contribution in [0, 0.1) is 0 Å². The van der Waals surface area contributed by atoms with Gasteiger partial charge in [-0.05, 0) is 49.9 Å². The first-order valence-corrected chi connectivity index (χ1v) is 9.65. The molecule has 1 aromatic heterocycles. The van der Waals surface area contributed by atoms with E-state index in [2.05, 4.69) is 15.3 Å². The monoisotopic (exact) mass is 374 g/mol. The summed E-state index contributed by atoms with van der Waals surface area (Å²) >= 11 is 0. The molecular weight excluding hydrogens is 352 g/mol. The SMILES string of the molecule is CC1(C(=O)Nc2ccc3nc[nH]c3c2)CCN1C(=O)C1(c2ccccc2)CC1. The Labute approximate surface area is 163 Å². The number of anilines is 1. The second kappa shape index (κ2) is 5.92. The summed E-state index contributed by atoms with van der Waals surface area (Å²) in [5.41, 5.74) is 2.21. The van der Waals surface area contributed by atoms with Crippen molar-refractivity contribution in [2.45, 2.75) is 37.1 Å². The van der Waals surface area contributed by atoms with Crippen molar-refractivity contribution in [2.75, 3.05) is 11.9 Å². The number of hydrogen-bond acceptors (Lipinski definition) is 3. The van der Waals surface area contributed by atoms with Crippen LogP contribution in [-0.2, 0) is 15.0 Å². The minimum Gasteiger partial charge on any atom is -0.345 e. The van der Waals surface area contributed by atoms with E-state index < -0.39 is 11.0 Å². The van der Waals surface area contributed by atoms with Crippen molar-refractivity contribution in [1.29, 1.82) is 0 Å². The van der Waals surface area contributed by atoms with Crippen LogP contribution in [0.2, 0.25) is 0 Å². The predicted octanol–water partition coefficient (Wildman–Crippen LogP) is 3.22. The number of imidazole rings is 1. The van der Waals surface area contributed by atoms with Crippen molar-refractivity contribution in [3.8, 4) is 0 Å². The van der Waals surface area contributed by atoms with Crippen LogP contribution >= 0.6 is 0 Å². The van der Waals surface area contributed by atoms with E-state index in [-0.39, 0.29) is 11.8 Å². The zero-order valence-corrected chi connectivity index (χ0v) is 15.7. The Morgan fingerprint density at radius 1 is 1.11 bits per heavy atom. The van der Waals surface area contributed by atoms with Crippen LogP contribution in [0.3, 0.4) is 0 Å². The number of H-pyrrole nitrogens is 1. The van der Waals surface area contributed by atoms with Crippen LogP contribution in [0.15, 0.2) is 54.9 Å². The topological polar surface area (TPSA) is 78.1 Å². The maximum Gasteiger partial charge on any atom is 0.250 e. The third-order valence-corrected chi connectivity index (χ3v) is 6.32. The molecule has 2 aromatic carbocycles. The summed E-state index contributed by atoms with van der Waals surface area (Å²) in [4.78, 5) is 35.4. The molecular formula is C22H22N4O2. The number of likely N-dealkylation sites (tertiary alicyclic amines) is 1. The molecule has 1 saturated heterocycles. The van der Waals surface area contributed by atoms with Crippen molar-refractivity contribution in [3.05, 3.63) is 60.4 Å². The molecule has 2 amide bonds. The van der Waals surface area contributed by atoms with Gasteiger partial charge in [-0.3, -0.25) is 9.59 Å². The molecule has 5 rings (SSSR count). The van der Waals surface area contributed by atoms with Crippen molar-refractivity contribution >= 4 is 28.5 Å². The first-order valence-electron chi connectivity index (χ1n) is 9.65. The lowest BCUT2D eigenvalue weighted by Gasteiger charge is -2.50. The molecule has 28 heavy (non-hydrogen) atoms. The summed E-state index contributed by atoms with van der Waals surface area (Å²) in [6, 6.07) is 15.5. The largest absolute Gasteiger partial charge is 0.345 e. The molecule has 6 nitrogen and oxygen atoms in total. The average molecular weight is 374 g/mol. The lowest BCUT2D eigenvalue weighted by Crippen LogP contribution is -2.67. The minimum atomic E-state index is -0.815. The van der Waals surface area contributed by atoms with Gasteiger partial charge in [-0.15, -0.1) is 0 Å². The Kier molecular flexibility index (Phi) is 3.59. The molecule has 142 valence electrons. The fraction of sp³-hybridized carbons (Fsp3) is 0.318. The lowest BCUT2D eigenvalue weighted by molar-refractivity contribution is -0.156. The van der Waals surface area contributed by atoms with E-state index in [0.717, 1.165) is 29.4 Å². The number of benzene rings is 2. The summed E-state index contributed by atoms with van der Waals surface area (Å²) in [6.07, 6.45) is 3.99. The third kappa shape index (κ3) is 2.44. The lowest BCUT2D eigenvalue weighted by atomic mass is 9.82. The zero-order chi connectivity index (χ0) is 19.4. The molecule has 0 bridgehead atoms. The van der Waals surface area contributed by atoms with Gasteiger partial charge >= 0.3 is 0 Å². The molecule has 3 aromatic rings. The quantitative estimate of drug-likeness (QED) is 0.736. The van der Waals surface area contributed by atoms with Crippen molar-refractivity contribution in [2.24, 2.45) is 0 Å². The predicted molar refractivity (Wildman–Crippen MR) is 107 cm³/mol. The Morgan fingerprint density at radius 3 is 2.57 bits per heavy atom. The van der Waals surface area contributed by atoms with E-state index in [9.17, 15) is 9.59 Å². The van der Waals surface area contributed by atoms with Crippen LogP contribution in [-0.4, -0.2) is 38.8 Å².